The van der Waals surface area contributed by atoms with Gasteiger partial charge in [0.05, 0.1) is 11.0 Å². The van der Waals surface area contributed by atoms with E-state index in [1.807, 2.05) is 30.0 Å². The second-order valence-corrected chi connectivity index (χ2v) is 6.21. The van der Waals surface area contributed by atoms with Crippen LogP contribution in [-0.4, -0.2) is 21.1 Å². The van der Waals surface area contributed by atoms with Gasteiger partial charge in [-0.25, -0.2) is 4.98 Å². The molecular weight excluding hydrogens is 308 g/mol. The van der Waals surface area contributed by atoms with E-state index in [0.29, 0.717) is 5.41 Å². The normalized spacial score (nSPS) is 12.2. The largest absolute Gasteiger partial charge is 0.333 e. The maximum atomic E-state index is 4.61. The number of nitrogens with one attached hydrogen (secondary N) is 1. The molecule has 2 aromatic rings. The molecule has 98 valence electrons. The summed E-state index contributed by atoms with van der Waals surface area (Å²) in [4.78, 5) is 7.99. The van der Waals surface area contributed by atoms with Gasteiger partial charge in [0.2, 0.25) is 0 Å². The lowest BCUT2D eigenvalue weighted by atomic mass is 9.87. The molecule has 1 aromatic carbocycles. The van der Waals surface area contributed by atoms with Crippen LogP contribution in [0, 0.1) is 5.41 Å². The minimum absolute atomic E-state index is 0.379. The predicted molar refractivity (Wildman–Crippen MR) is 83.6 cm³/mol. The molecule has 1 heterocycles. The molecule has 0 atom stereocenters. The van der Waals surface area contributed by atoms with E-state index in [1.165, 1.54) is 12.8 Å². The first-order chi connectivity index (χ1) is 8.73. The molecule has 0 fully saturated rings. The standard InChI is InChI=1S/C14H19BrN2S/c1-3-14(4-2,9-15)10-18-13-16-11-7-5-6-8-12(11)17-13/h5-8H,3-4,9-10H2,1-2H3,(H,16,17). The Morgan fingerprint density at radius 3 is 2.61 bits per heavy atom. The Balaban J connectivity index is 2.09. The molecule has 2 nitrogen and oxygen atoms in total. The summed E-state index contributed by atoms with van der Waals surface area (Å²) in [5.41, 5.74) is 2.55. The fraction of sp³-hybridized carbons (Fsp3) is 0.500. The zero-order valence-corrected chi connectivity index (χ0v) is 13.3. The van der Waals surface area contributed by atoms with Gasteiger partial charge in [0.1, 0.15) is 0 Å². The summed E-state index contributed by atoms with van der Waals surface area (Å²) in [6.45, 7) is 4.54. The lowest BCUT2D eigenvalue weighted by Gasteiger charge is -2.28. The number of benzene rings is 1. The number of hydrogen-bond acceptors (Lipinski definition) is 2. The number of halogens is 1. The number of imidazole rings is 1. The molecule has 0 bridgehead atoms. The van der Waals surface area contributed by atoms with Gasteiger partial charge in [0.25, 0.3) is 0 Å². The molecule has 0 unspecified atom stereocenters. The molecule has 4 heteroatoms. The van der Waals surface area contributed by atoms with Crippen LogP contribution in [-0.2, 0) is 0 Å². The van der Waals surface area contributed by atoms with Crippen LogP contribution in [0.15, 0.2) is 29.4 Å². The van der Waals surface area contributed by atoms with Gasteiger partial charge in [0.15, 0.2) is 5.16 Å². The number of H-pyrrole nitrogens is 1. The molecule has 0 amide bonds. The predicted octanol–water partition coefficient (Wildman–Crippen LogP) is 4.86. The number of alkyl halides is 1. The van der Waals surface area contributed by atoms with Crippen molar-refractivity contribution < 1.29 is 0 Å². The van der Waals surface area contributed by atoms with Crippen molar-refractivity contribution in [2.24, 2.45) is 5.41 Å². The molecule has 0 aliphatic carbocycles. The minimum Gasteiger partial charge on any atom is -0.333 e. The third kappa shape index (κ3) is 2.91. The van der Waals surface area contributed by atoms with Gasteiger partial charge < -0.3 is 4.98 Å². The first-order valence-electron chi connectivity index (χ1n) is 6.36. The summed E-state index contributed by atoms with van der Waals surface area (Å²) in [6.07, 6.45) is 2.39. The van der Waals surface area contributed by atoms with E-state index >= 15 is 0 Å². The Labute approximate surface area is 121 Å². The third-order valence-corrected chi connectivity index (χ3v) is 6.08. The molecule has 0 aliphatic rings. The Kier molecular flexibility index (Phi) is 4.73. The van der Waals surface area contributed by atoms with Gasteiger partial charge in [-0.15, -0.1) is 0 Å². The van der Waals surface area contributed by atoms with Crippen molar-refractivity contribution in [1.82, 2.24) is 9.97 Å². The van der Waals surface area contributed by atoms with Crippen LogP contribution in [0.5, 0.6) is 0 Å². The Morgan fingerprint density at radius 2 is 2.00 bits per heavy atom. The van der Waals surface area contributed by atoms with Crippen molar-refractivity contribution in [2.75, 3.05) is 11.1 Å². The van der Waals surface area contributed by atoms with Crippen molar-refractivity contribution in [3.63, 3.8) is 0 Å². The van der Waals surface area contributed by atoms with E-state index in [0.717, 1.165) is 27.3 Å². The Morgan fingerprint density at radius 1 is 1.28 bits per heavy atom. The molecule has 0 saturated carbocycles. The highest BCUT2D eigenvalue weighted by Gasteiger charge is 2.25. The van der Waals surface area contributed by atoms with E-state index in [9.17, 15) is 0 Å². The number of hydrogen-bond donors (Lipinski definition) is 1. The van der Waals surface area contributed by atoms with Crippen LogP contribution in [0.1, 0.15) is 26.7 Å². The quantitative estimate of drug-likeness (QED) is 0.606. The van der Waals surface area contributed by atoms with Crippen molar-refractivity contribution in [1.29, 1.82) is 0 Å². The second-order valence-electron chi connectivity index (χ2n) is 4.69. The highest BCUT2D eigenvalue weighted by molar-refractivity contribution is 9.09. The van der Waals surface area contributed by atoms with Gasteiger partial charge in [-0.2, -0.15) is 0 Å². The third-order valence-electron chi connectivity index (χ3n) is 3.67. The zero-order valence-electron chi connectivity index (χ0n) is 10.9. The van der Waals surface area contributed by atoms with Crippen LogP contribution < -0.4 is 0 Å². The summed E-state index contributed by atoms with van der Waals surface area (Å²) >= 11 is 5.49. The number of nitrogens with zero attached hydrogens (tertiary/aromatic N) is 1. The maximum absolute atomic E-state index is 4.61. The fourth-order valence-electron chi connectivity index (χ4n) is 1.90. The molecular formula is C14H19BrN2S. The summed E-state index contributed by atoms with van der Waals surface area (Å²) in [5, 5.41) is 2.09. The average Bonchev–Trinajstić information content (AvgIpc) is 2.84. The first kappa shape index (κ1) is 13.9. The number of rotatable bonds is 6. The molecule has 2 rings (SSSR count). The summed E-state index contributed by atoms with van der Waals surface area (Å²) in [5.74, 6) is 1.10. The van der Waals surface area contributed by atoms with Gasteiger partial charge in [0, 0.05) is 11.1 Å². The van der Waals surface area contributed by atoms with Crippen molar-refractivity contribution in [3.8, 4) is 0 Å². The molecule has 0 radical (unpaired) electrons. The smallest absolute Gasteiger partial charge is 0.166 e. The van der Waals surface area contributed by atoms with Crippen molar-refractivity contribution >= 4 is 38.7 Å². The van der Waals surface area contributed by atoms with E-state index in [4.69, 9.17) is 0 Å². The SMILES string of the molecule is CCC(CC)(CBr)CSc1nc2ccccc2[nH]1. The summed E-state index contributed by atoms with van der Waals surface area (Å²) in [6, 6.07) is 8.19. The lowest BCUT2D eigenvalue weighted by Crippen LogP contribution is -2.23. The van der Waals surface area contributed by atoms with Crippen molar-refractivity contribution in [2.45, 2.75) is 31.8 Å². The fourth-order valence-corrected chi connectivity index (χ4v) is 4.45. The number of fused-ring (bicyclic) bond motifs is 1. The van der Waals surface area contributed by atoms with Crippen LogP contribution >= 0.6 is 27.7 Å². The van der Waals surface area contributed by atoms with Crippen LogP contribution in [0.3, 0.4) is 0 Å². The average molecular weight is 327 g/mol. The van der Waals surface area contributed by atoms with Gasteiger partial charge in [-0.3, -0.25) is 0 Å². The van der Waals surface area contributed by atoms with E-state index < -0.39 is 0 Å². The maximum Gasteiger partial charge on any atom is 0.166 e. The molecule has 0 saturated heterocycles. The van der Waals surface area contributed by atoms with E-state index in [2.05, 4.69) is 45.8 Å². The number of aromatic nitrogens is 2. The number of aromatic amines is 1. The number of thioether (sulfide) groups is 1. The molecule has 0 spiro atoms. The highest BCUT2D eigenvalue weighted by atomic mass is 79.9. The van der Waals surface area contributed by atoms with Gasteiger partial charge in [-0.05, 0) is 30.4 Å². The molecule has 1 N–H and O–H groups in total. The van der Waals surface area contributed by atoms with Crippen LogP contribution in [0.25, 0.3) is 11.0 Å². The first-order valence-corrected chi connectivity index (χ1v) is 8.47. The van der Waals surface area contributed by atoms with Gasteiger partial charge in [-0.1, -0.05) is 53.7 Å². The van der Waals surface area contributed by atoms with E-state index in [-0.39, 0.29) is 0 Å². The lowest BCUT2D eigenvalue weighted by molar-refractivity contribution is 0.359. The van der Waals surface area contributed by atoms with Crippen LogP contribution in [0.4, 0.5) is 0 Å². The molecule has 18 heavy (non-hydrogen) atoms. The van der Waals surface area contributed by atoms with Crippen molar-refractivity contribution in [3.05, 3.63) is 24.3 Å². The molecule has 0 aliphatic heterocycles. The monoisotopic (exact) mass is 326 g/mol. The van der Waals surface area contributed by atoms with Gasteiger partial charge >= 0.3 is 0 Å². The Hall–Kier alpha value is -0.480. The summed E-state index contributed by atoms with van der Waals surface area (Å²) < 4.78 is 0. The summed E-state index contributed by atoms with van der Waals surface area (Å²) in [7, 11) is 0. The minimum atomic E-state index is 0.379. The van der Waals surface area contributed by atoms with E-state index in [1.54, 1.807) is 0 Å². The highest BCUT2D eigenvalue weighted by Crippen LogP contribution is 2.35. The Bertz CT molecular complexity index is 464. The van der Waals surface area contributed by atoms with Crippen LogP contribution in [0.2, 0.25) is 0 Å². The molecule has 1 aromatic heterocycles. The number of para-hydroxylation sites is 2. The topological polar surface area (TPSA) is 28.7 Å². The zero-order chi connectivity index (χ0) is 13.0. The second kappa shape index (κ2) is 6.11.